The van der Waals surface area contributed by atoms with E-state index in [1.165, 1.54) is 6.08 Å². The van der Waals surface area contributed by atoms with Gasteiger partial charge in [-0.15, -0.1) is 0 Å². The summed E-state index contributed by atoms with van der Waals surface area (Å²) >= 11 is 3.40. The number of halogens is 1. The summed E-state index contributed by atoms with van der Waals surface area (Å²) < 4.78 is 6.80. The van der Waals surface area contributed by atoms with Crippen LogP contribution < -0.4 is 15.0 Å². The smallest absolute Gasteiger partial charge is 0.335 e. The molecule has 1 fully saturated rings. The molecular formula is C26H21BrN2O4. The number of ether oxygens (including phenoxy) is 1. The number of rotatable bonds is 5. The number of aryl methyl sites for hydroxylation is 2. The predicted octanol–water partition coefficient (Wildman–Crippen LogP) is 5.31. The van der Waals surface area contributed by atoms with Crippen LogP contribution in [0.15, 0.2) is 76.8 Å². The van der Waals surface area contributed by atoms with E-state index in [1.54, 1.807) is 36.4 Å². The van der Waals surface area contributed by atoms with E-state index < -0.39 is 17.8 Å². The van der Waals surface area contributed by atoms with Gasteiger partial charge in [0, 0.05) is 4.47 Å². The molecule has 0 atom stereocenters. The second-order valence-corrected chi connectivity index (χ2v) is 8.63. The lowest BCUT2D eigenvalue weighted by Crippen LogP contribution is -2.54. The lowest BCUT2D eigenvalue weighted by Gasteiger charge is -2.26. The molecule has 1 aliphatic rings. The molecule has 6 nitrogen and oxygen atoms in total. The second-order valence-electron chi connectivity index (χ2n) is 7.71. The third-order valence-electron chi connectivity index (χ3n) is 5.36. The minimum Gasteiger partial charge on any atom is -0.489 e. The number of hydrogen-bond acceptors (Lipinski definition) is 4. The average molecular weight is 505 g/mol. The minimum absolute atomic E-state index is 0.114. The van der Waals surface area contributed by atoms with Crippen LogP contribution in [0.3, 0.4) is 0 Å². The Labute approximate surface area is 200 Å². The summed E-state index contributed by atoms with van der Waals surface area (Å²) in [5.74, 6) is -0.727. The Morgan fingerprint density at radius 1 is 0.909 bits per heavy atom. The van der Waals surface area contributed by atoms with Gasteiger partial charge in [0.05, 0.1) is 5.69 Å². The highest BCUT2D eigenvalue weighted by molar-refractivity contribution is 9.10. The SMILES string of the molecule is Cc1ccc(N2C(=O)NC(=O)/C(=C\c3ccc(OCc4ccc(Br)cc4)cc3)C2=O)cc1C. The van der Waals surface area contributed by atoms with Crippen LogP contribution in [-0.4, -0.2) is 17.8 Å². The van der Waals surface area contributed by atoms with Gasteiger partial charge in [-0.3, -0.25) is 14.9 Å². The van der Waals surface area contributed by atoms with Crippen molar-refractivity contribution in [3.8, 4) is 5.75 Å². The number of nitrogens with one attached hydrogen (secondary N) is 1. The predicted molar refractivity (Wildman–Crippen MR) is 130 cm³/mol. The summed E-state index contributed by atoms with van der Waals surface area (Å²) in [4.78, 5) is 38.8. The zero-order chi connectivity index (χ0) is 23.5. The highest BCUT2D eigenvalue weighted by Crippen LogP contribution is 2.25. The topological polar surface area (TPSA) is 75.7 Å². The van der Waals surface area contributed by atoms with Crippen LogP contribution in [0.1, 0.15) is 22.3 Å². The van der Waals surface area contributed by atoms with Crippen molar-refractivity contribution in [1.29, 1.82) is 0 Å². The molecule has 3 aromatic carbocycles. The van der Waals surface area contributed by atoms with E-state index in [-0.39, 0.29) is 5.57 Å². The van der Waals surface area contributed by atoms with Crippen LogP contribution in [0.2, 0.25) is 0 Å². The first-order valence-electron chi connectivity index (χ1n) is 10.3. The largest absolute Gasteiger partial charge is 0.489 e. The first-order valence-corrected chi connectivity index (χ1v) is 11.1. The summed E-state index contributed by atoms with van der Waals surface area (Å²) in [6.07, 6.45) is 1.47. The molecule has 166 valence electrons. The van der Waals surface area contributed by atoms with Gasteiger partial charge in [0.15, 0.2) is 0 Å². The highest BCUT2D eigenvalue weighted by Gasteiger charge is 2.36. The van der Waals surface area contributed by atoms with Gasteiger partial charge in [0.25, 0.3) is 11.8 Å². The van der Waals surface area contributed by atoms with E-state index in [0.29, 0.717) is 23.6 Å². The first kappa shape index (κ1) is 22.5. The number of hydrogen-bond donors (Lipinski definition) is 1. The molecule has 0 unspecified atom stereocenters. The van der Waals surface area contributed by atoms with Crippen LogP contribution in [0, 0.1) is 13.8 Å². The summed E-state index contributed by atoms with van der Waals surface area (Å²) in [5.41, 5.74) is 3.95. The van der Waals surface area contributed by atoms with E-state index >= 15 is 0 Å². The minimum atomic E-state index is -0.762. The molecule has 0 bridgehead atoms. The zero-order valence-corrected chi connectivity index (χ0v) is 19.7. The van der Waals surface area contributed by atoms with Crippen LogP contribution in [0.4, 0.5) is 10.5 Å². The Hall–Kier alpha value is -3.71. The number of nitrogens with zero attached hydrogens (tertiary/aromatic N) is 1. The molecular weight excluding hydrogens is 484 g/mol. The maximum absolute atomic E-state index is 13.0. The molecule has 4 amide bonds. The number of carbonyl (C=O) groups excluding carboxylic acids is 3. The van der Waals surface area contributed by atoms with Crippen molar-refractivity contribution in [3.63, 3.8) is 0 Å². The lowest BCUT2D eigenvalue weighted by atomic mass is 10.1. The summed E-state index contributed by atoms with van der Waals surface area (Å²) in [6.45, 7) is 4.26. The Bertz CT molecular complexity index is 1260. The molecule has 7 heteroatoms. The quantitative estimate of drug-likeness (QED) is 0.377. The van der Waals surface area contributed by atoms with E-state index in [0.717, 1.165) is 26.1 Å². The molecule has 1 saturated heterocycles. The summed E-state index contributed by atoms with van der Waals surface area (Å²) in [7, 11) is 0. The van der Waals surface area contributed by atoms with E-state index in [2.05, 4.69) is 21.2 Å². The normalized spacial score (nSPS) is 15.1. The number of anilines is 1. The van der Waals surface area contributed by atoms with Crippen molar-refractivity contribution in [2.24, 2.45) is 0 Å². The van der Waals surface area contributed by atoms with Crippen LogP contribution >= 0.6 is 15.9 Å². The van der Waals surface area contributed by atoms with Gasteiger partial charge < -0.3 is 4.74 Å². The second kappa shape index (κ2) is 9.42. The number of carbonyl (C=O) groups is 3. The fourth-order valence-corrected chi connectivity index (χ4v) is 3.60. The van der Waals surface area contributed by atoms with Gasteiger partial charge in [-0.05, 0) is 78.6 Å². The maximum atomic E-state index is 13.0. The summed E-state index contributed by atoms with van der Waals surface area (Å²) in [5, 5.41) is 2.25. The third-order valence-corrected chi connectivity index (χ3v) is 5.89. The molecule has 0 aliphatic carbocycles. The fraction of sp³-hybridized carbons (Fsp3) is 0.115. The van der Waals surface area contributed by atoms with Crippen molar-refractivity contribution in [2.75, 3.05) is 4.90 Å². The van der Waals surface area contributed by atoms with Crippen LogP contribution in [-0.2, 0) is 16.2 Å². The van der Waals surface area contributed by atoms with Gasteiger partial charge in [-0.2, -0.15) is 0 Å². The van der Waals surface area contributed by atoms with E-state index in [1.807, 2.05) is 44.2 Å². The van der Waals surface area contributed by atoms with E-state index in [4.69, 9.17) is 4.74 Å². The molecule has 0 spiro atoms. The fourth-order valence-electron chi connectivity index (χ4n) is 3.33. The van der Waals surface area contributed by atoms with Gasteiger partial charge >= 0.3 is 6.03 Å². The zero-order valence-electron chi connectivity index (χ0n) is 18.1. The van der Waals surface area contributed by atoms with Crippen molar-refractivity contribution >= 4 is 45.5 Å². The molecule has 0 radical (unpaired) electrons. The lowest BCUT2D eigenvalue weighted by molar-refractivity contribution is -0.122. The summed E-state index contributed by atoms with van der Waals surface area (Å²) in [6, 6.07) is 19.4. The highest BCUT2D eigenvalue weighted by atomic mass is 79.9. The Balaban J connectivity index is 1.52. The molecule has 33 heavy (non-hydrogen) atoms. The van der Waals surface area contributed by atoms with Crippen LogP contribution in [0.25, 0.3) is 6.08 Å². The number of urea groups is 1. The first-order chi connectivity index (χ1) is 15.8. The molecule has 4 rings (SSSR count). The van der Waals surface area contributed by atoms with Crippen molar-refractivity contribution in [3.05, 3.63) is 99.0 Å². The Morgan fingerprint density at radius 2 is 1.61 bits per heavy atom. The molecule has 3 aromatic rings. The average Bonchev–Trinajstić information content (AvgIpc) is 2.79. The van der Waals surface area contributed by atoms with Gasteiger partial charge in [-0.25, -0.2) is 9.69 Å². The Morgan fingerprint density at radius 3 is 2.27 bits per heavy atom. The third kappa shape index (κ3) is 5.04. The number of amides is 4. The van der Waals surface area contributed by atoms with Gasteiger partial charge in [-0.1, -0.05) is 46.3 Å². The van der Waals surface area contributed by atoms with Crippen molar-refractivity contribution in [2.45, 2.75) is 20.5 Å². The molecule has 1 N–H and O–H groups in total. The number of benzene rings is 3. The van der Waals surface area contributed by atoms with Crippen molar-refractivity contribution < 1.29 is 19.1 Å². The molecule has 0 aromatic heterocycles. The number of barbiturate groups is 1. The van der Waals surface area contributed by atoms with E-state index in [9.17, 15) is 14.4 Å². The standard InChI is InChI=1S/C26H21BrN2O4/c1-16-3-10-21(13-17(16)2)29-25(31)23(24(30)28-26(29)32)14-18-6-11-22(12-7-18)33-15-19-4-8-20(27)9-5-19/h3-14H,15H2,1-2H3,(H,28,30,32)/b23-14+. The maximum Gasteiger partial charge on any atom is 0.335 e. The van der Waals surface area contributed by atoms with Gasteiger partial charge in [0.2, 0.25) is 0 Å². The monoisotopic (exact) mass is 504 g/mol. The Kier molecular flexibility index (Phi) is 6.42. The molecule has 1 aliphatic heterocycles. The van der Waals surface area contributed by atoms with Crippen molar-refractivity contribution in [1.82, 2.24) is 5.32 Å². The number of imide groups is 2. The van der Waals surface area contributed by atoms with Crippen LogP contribution in [0.5, 0.6) is 5.75 Å². The molecule has 0 saturated carbocycles. The van der Waals surface area contributed by atoms with Gasteiger partial charge in [0.1, 0.15) is 17.9 Å². The molecule has 1 heterocycles.